The van der Waals surface area contributed by atoms with Crippen molar-refractivity contribution in [1.82, 2.24) is 0 Å². The van der Waals surface area contributed by atoms with E-state index in [1.54, 1.807) is 12.1 Å². The Kier molecular flexibility index (Phi) is 6.17. The van der Waals surface area contributed by atoms with Crippen LogP contribution in [-0.4, -0.2) is 0 Å². The summed E-state index contributed by atoms with van der Waals surface area (Å²) in [5.41, 5.74) is 4.58. The number of hydrogen-bond acceptors (Lipinski definition) is 3. The van der Waals surface area contributed by atoms with Crippen molar-refractivity contribution >= 4 is 29.4 Å². The van der Waals surface area contributed by atoms with Gasteiger partial charge < -0.3 is 9.05 Å². The first-order chi connectivity index (χ1) is 13.3. The summed E-state index contributed by atoms with van der Waals surface area (Å²) in [6, 6.07) is 18.7. The van der Waals surface area contributed by atoms with Gasteiger partial charge in [-0.25, -0.2) is 4.57 Å². The fourth-order valence-corrected chi connectivity index (χ4v) is 4.58. The second-order valence-corrected chi connectivity index (χ2v) is 9.20. The minimum Gasteiger partial charge on any atom is -0.400 e. The molecule has 0 aliphatic rings. The quantitative estimate of drug-likeness (QED) is 0.391. The maximum absolute atomic E-state index is 13.8. The van der Waals surface area contributed by atoms with Crippen LogP contribution in [0.2, 0.25) is 0 Å². The molecule has 1 N–H and O–H groups in total. The molecule has 3 rings (SSSR count). The van der Waals surface area contributed by atoms with E-state index >= 15 is 0 Å². The minimum absolute atomic E-state index is 0.524. The molecule has 0 saturated heterocycles. The van der Waals surface area contributed by atoms with Gasteiger partial charge in [0, 0.05) is 10.2 Å². The van der Waals surface area contributed by atoms with E-state index in [0.717, 1.165) is 26.7 Å². The van der Waals surface area contributed by atoms with E-state index in [1.165, 1.54) is 0 Å². The molecule has 0 unspecified atom stereocenters. The van der Waals surface area contributed by atoms with Crippen molar-refractivity contribution in [2.75, 3.05) is 5.09 Å². The third-order valence-electron chi connectivity index (χ3n) is 4.64. The molecule has 0 aliphatic carbocycles. The standard InChI is InChI=1S/C22H23BrNO3P/c1-15-8-5-12-21(17(15)3)26-28(25,24-20-11-7-10-19(23)14-20)27-22-13-6-9-16(2)18(22)4/h5-14H,1-4H3,(H,24,25). The second-order valence-electron chi connectivity index (χ2n) is 6.70. The van der Waals surface area contributed by atoms with Gasteiger partial charge in [0.15, 0.2) is 0 Å². The van der Waals surface area contributed by atoms with Crippen molar-refractivity contribution in [2.24, 2.45) is 0 Å². The maximum atomic E-state index is 13.8. The van der Waals surface area contributed by atoms with Crippen LogP contribution >= 0.6 is 23.7 Å². The highest BCUT2D eigenvalue weighted by molar-refractivity contribution is 9.10. The molecule has 3 aromatic rings. The van der Waals surface area contributed by atoms with Gasteiger partial charge in [-0.1, -0.05) is 46.3 Å². The fourth-order valence-electron chi connectivity index (χ4n) is 2.69. The molecule has 0 atom stereocenters. The molecular formula is C22H23BrNO3P. The summed E-state index contributed by atoms with van der Waals surface area (Å²) in [5.74, 6) is 1.05. The van der Waals surface area contributed by atoms with Gasteiger partial charge in [-0.3, -0.25) is 5.09 Å². The third-order valence-corrected chi connectivity index (χ3v) is 6.54. The van der Waals surface area contributed by atoms with Crippen molar-refractivity contribution in [3.05, 3.63) is 87.4 Å². The second kappa shape index (κ2) is 8.42. The topological polar surface area (TPSA) is 47.6 Å². The Morgan fingerprint density at radius 3 is 1.79 bits per heavy atom. The van der Waals surface area contributed by atoms with Crippen LogP contribution in [0.4, 0.5) is 5.69 Å². The van der Waals surface area contributed by atoms with Crippen molar-refractivity contribution < 1.29 is 13.6 Å². The first-order valence-corrected chi connectivity index (χ1v) is 11.3. The Morgan fingerprint density at radius 2 is 1.29 bits per heavy atom. The number of anilines is 1. The van der Waals surface area contributed by atoms with Gasteiger partial charge in [0.2, 0.25) is 0 Å². The highest BCUT2D eigenvalue weighted by Crippen LogP contribution is 2.50. The van der Waals surface area contributed by atoms with Crippen molar-refractivity contribution in [3.8, 4) is 11.5 Å². The van der Waals surface area contributed by atoms with Gasteiger partial charge in [0.05, 0.1) is 0 Å². The van der Waals surface area contributed by atoms with Crippen LogP contribution in [0.5, 0.6) is 11.5 Å². The predicted octanol–water partition coefficient (Wildman–Crippen LogP) is 7.36. The van der Waals surface area contributed by atoms with Gasteiger partial charge in [0.25, 0.3) is 0 Å². The monoisotopic (exact) mass is 459 g/mol. The van der Waals surface area contributed by atoms with Crippen LogP contribution in [0.25, 0.3) is 0 Å². The summed E-state index contributed by atoms with van der Waals surface area (Å²) in [6.07, 6.45) is 0. The predicted molar refractivity (Wildman–Crippen MR) is 118 cm³/mol. The lowest BCUT2D eigenvalue weighted by Crippen LogP contribution is -2.11. The van der Waals surface area contributed by atoms with E-state index in [4.69, 9.17) is 9.05 Å². The number of halogens is 1. The summed E-state index contributed by atoms with van der Waals surface area (Å²) in [6.45, 7) is 7.85. The van der Waals surface area contributed by atoms with Crippen molar-refractivity contribution in [3.63, 3.8) is 0 Å². The van der Waals surface area contributed by atoms with Gasteiger partial charge in [0.1, 0.15) is 11.5 Å². The molecule has 0 aliphatic heterocycles. The van der Waals surface area contributed by atoms with E-state index in [-0.39, 0.29) is 0 Å². The Morgan fingerprint density at radius 1 is 0.786 bits per heavy atom. The number of benzene rings is 3. The van der Waals surface area contributed by atoms with Crippen LogP contribution < -0.4 is 14.1 Å². The summed E-state index contributed by atoms with van der Waals surface area (Å²) in [5, 5.41) is 2.97. The maximum Gasteiger partial charge on any atom is 0.541 e. The molecule has 0 bridgehead atoms. The lowest BCUT2D eigenvalue weighted by atomic mass is 10.1. The molecule has 3 aromatic carbocycles. The number of nitrogens with one attached hydrogen (secondary N) is 1. The highest BCUT2D eigenvalue weighted by atomic mass is 79.9. The zero-order valence-corrected chi connectivity index (χ0v) is 18.8. The van der Waals surface area contributed by atoms with Crippen LogP contribution in [0.1, 0.15) is 22.3 Å². The molecule has 28 heavy (non-hydrogen) atoms. The van der Waals surface area contributed by atoms with Gasteiger partial charge >= 0.3 is 7.75 Å². The molecule has 0 amide bonds. The fraction of sp³-hybridized carbons (Fsp3) is 0.182. The van der Waals surface area contributed by atoms with Gasteiger partial charge in [-0.15, -0.1) is 0 Å². The average Bonchev–Trinajstić information content (AvgIpc) is 2.63. The smallest absolute Gasteiger partial charge is 0.400 e. The van der Waals surface area contributed by atoms with E-state index in [2.05, 4.69) is 21.0 Å². The van der Waals surface area contributed by atoms with Crippen molar-refractivity contribution in [1.29, 1.82) is 0 Å². The van der Waals surface area contributed by atoms with Crippen LogP contribution in [-0.2, 0) is 4.57 Å². The molecule has 6 heteroatoms. The molecular weight excluding hydrogens is 437 g/mol. The van der Waals surface area contributed by atoms with Crippen LogP contribution in [0.3, 0.4) is 0 Å². The number of rotatable bonds is 6. The molecule has 0 spiro atoms. The van der Waals surface area contributed by atoms with Gasteiger partial charge in [-0.2, -0.15) is 0 Å². The lowest BCUT2D eigenvalue weighted by Gasteiger charge is -2.23. The van der Waals surface area contributed by atoms with Crippen LogP contribution in [0, 0.1) is 27.7 Å². The number of aryl methyl sites for hydroxylation is 2. The van der Waals surface area contributed by atoms with E-state index in [0.29, 0.717) is 17.2 Å². The Bertz CT molecular complexity index is 994. The van der Waals surface area contributed by atoms with E-state index < -0.39 is 7.75 Å². The first-order valence-electron chi connectivity index (χ1n) is 8.93. The molecule has 0 aromatic heterocycles. The molecule has 0 heterocycles. The first kappa shape index (κ1) is 20.5. The highest BCUT2D eigenvalue weighted by Gasteiger charge is 2.30. The Balaban J connectivity index is 2.00. The molecule has 4 nitrogen and oxygen atoms in total. The SMILES string of the molecule is Cc1cccc(OP(=O)(Nc2cccc(Br)c2)Oc2cccc(C)c2C)c1C. The van der Waals surface area contributed by atoms with Crippen molar-refractivity contribution in [2.45, 2.75) is 27.7 Å². The van der Waals surface area contributed by atoms with E-state index in [1.807, 2.05) is 76.2 Å². The normalized spacial score (nSPS) is 11.2. The third kappa shape index (κ3) is 4.78. The Labute approximate surface area is 174 Å². The van der Waals surface area contributed by atoms with Crippen LogP contribution in [0.15, 0.2) is 65.1 Å². The number of hydrogen-bond donors (Lipinski definition) is 1. The molecule has 0 radical (unpaired) electrons. The molecule has 0 fully saturated rings. The van der Waals surface area contributed by atoms with Gasteiger partial charge in [-0.05, 0) is 80.3 Å². The summed E-state index contributed by atoms with van der Waals surface area (Å²) < 4.78 is 26.6. The minimum atomic E-state index is -3.77. The summed E-state index contributed by atoms with van der Waals surface area (Å²) in [4.78, 5) is 0. The average molecular weight is 460 g/mol. The molecule has 0 saturated carbocycles. The zero-order chi connectivity index (χ0) is 20.3. The Hall–Kier alpha value is -2.23. The van der Waals surface area contributed by atoms with E-state index in [9.17, 15) is 4.57 Å². The largest absolute Gasteiger partial charge is 0.541 e. The summed E-state index contributed by atoms with van der Waals surface area (Å²) in [7, 11) is -3.77. The summed E-state index contributed by atoms with van der Waals surface area (Å²) >= 11 is 3.43. The lowest BCUT2D eigenvalue weighted by molar-refractivity contribution is 0.390. The zero-order valence-electron chi connectivity index (χ0n) is 16.3. The molecule has 146 valence electrons.